The minimum absolute atomic E-state index is 0. The third-order valence-corrected chi connectivity index (χ3v) is 5.80. The zero-order valence-corrected chi connectivity index (χ0v) is 20.2. The van der Waals surface area contributed by atoms with Crippen LogP contribution in [0.4, 0.5) is 0 Å². The molecule has 1 aliphatic heterocycles. The first-order valence-corrected chi connectivity index (χ1v) is 10.8. The predicted molar refractivity (Wildman–Crippen MR) is 130 cm³/mol. The zero-order chi connectivity index (χ0) is 19.1. The van der Waals surface area contributed by atoms with E-state index in [9.17, 15) is 0 Å². The van der Waals surface area contributed by atoms with E-state index >= 15 is 0 Å². The standard InChI is InChI=1S/C21H31N5S.HI/c1-4-22-21(23-11-9-20-15-27-17(3)25-20)24-13-16(2)26-12-10-18-7-5-6-8-19(18)14-26;/h5-8,15-16H,4,9-14H2,1-3H3,(H2,22,23,24);1H. The van der Waals surface area contributed by atoms with E-state index in [0.29, 0.717) is 6.04 Å². The first kappa shape index (κ1) is 23.1. The lowest BCUT2D eigenvalue weighted by atomic mass is 9.99. The minimum Gasteiger partial charge on any atom is -0.357 e. The van der Waals surface area contributed by atoms with Crippen molar-refractivity contribution in [3.63, 3.8) is 0 Å². The number of hydrogen-bond donors (Lipinski definition) is 2. The molecule has 2 heterocycles. The first-order valence-electron chi connectivity index (χ1n) is 9.89. The summed E-state index contributed by atoms with van der Waals surface area (Å²) in [6.45, 7) is 11.1. The summed E-state index contributed by atoms with van der Waals surface area (Å²) in [5, 5.41) is 10.1. The molecule has 0 aliphatic carbocycles. The average Bonchev–Trinajstić information content (AvgIpc) is 3.10. The van der Waals surface area contributed by atoms with Crippen molar-refractivity contribution in [3.8, 4) is 0 Å². The van der Waals surface area contributed by atoms with Crippen LogP contribution in [-0.2, 0) is 19.4 Å². The van der Waals surface area contributed by atoms with Gasteiger partial charge in [0.15, 0.2) is 5.96 Å². The van der Waals surface area contributed by atoms with Crippen LogP contribution in [0.15, 0.2) is 34.6 Å². The molecule has 0 saturated carbocycles. The molecule has 28 heavy (non-hydrogen) atoms. The fourth-order valence-corrected chi connectivity index (χ4v) is 4.05. The molecule has 1 aliphatic rings. The van der Waals surface area contributed by atoms with Crippen molar-refractivity contribution in [2.24, 2.45) is 4.99 Å². The van der Waals surface area contributed by atoms with Gasteiger partial charge in [0.1, 0.15) is 0 Å². The number of aromatic nitrogens is 1. The number of thiazole rings is 1. The van der Waals surface area contributed by atoms with Crippen LogP contribution < -0.4 is 10.6 Å². The SMILES string of the molecule is CCNC(=NCC(C)N1CCc2ccccc2C1)NCCc1csc(C)n1.I. The number of halogens is 1. The van der Waals surface area contributed by atoms with E-state index in [1.165, 1.54) is 11.1 Å². The lowest BCUT2D eigenvalue weighted by Gasteiger charge is -2.33. The van der Waals surface area contributed by atoms with Crippen molar-refractivity contribution >= 4 is 41.3 Å². The molecule has 1 unspecified atom stereocenters. The number of nitrogens with zero attached hydrogens (tertiary/aromatic N) is 3. The molecule has 0 saturated heterocycles. The number of nitrogens with one attached hydrogen (secondary N) is 2. The molecule has 1 atom stereocenters. The van der Waals surface area contributed by atoms with E-state index in [1.807, 2.05) is 6.92 Å². The van der Waals surface area contributed by atoms with E-state index in [2.05, 4.69) is 64.0 Å². The van der Waals surface area contributed by atoms with Crippen molar-refractivity contribution < 1.29 is 0 Å². The lowest BCUT2D eigenvalue weighted by molar-refractivity contribution is 0.195. The van der Waals surface area contributed by atoms with E-state index in [0.717, 1.165) is 62.2 Å². The molecular formula is C21H32IN5S. The van der Waals surface area contributed by atoms with Crippen LogP contribution in [0.2, 0.25) is 0 Å². The van der Waals surface area contributed by atoms with Gasteiger partial charge in [0, 0.05) is 44.0 Å². The van der Waals surface area contributed by atoms with Gasteiger partial charge in [-0.3, -0.25) is 9.89 Å². The second-order valence-electron chi connectivity index (χ2n) is 7.09. The Hall–Kier alpha value is -1.19. The molecule has 3 rings (SSSR count). The summed E-state index contributed by atoms with van der Waals surface area (Å²) in [4.78, 5) is 11.9. The Bertz CT molecular complexity index is 761. The van der Waals surface area contributed by atoms with Crippen molar-refractivity contribution in [1.29, 1.82) is 0 Å². The minimum atomic E-state index is 0. The summed E-state index contributed by atoms with van der Waals surface area (Å²) < 4.78 is 0. The van der Waals surface area contributed by atoms with Gasteiger partial charge in [-0.15, -0.1) is 35.3 Å². The molecule has 1 aromatic heterocycles. The van der Waals surface area contributed by atoms with Crippen molar-refractivity contribution in [2.75, 3.05) is 26.2 Å². The van der Waals surface area contributed by atoms with Crippen LogP contribution in [0.1, 0.15) is 35.7 Å². The van der Waals surface area contributed by atoms with Gasteiger partial charge in [0.25, 0.3) is 0 Å². The smallest absolute Gasteiger partial charge is 0.191 e. The van der Waals surface area contributed by atoms with E-state index in [-0.39, 0.29) is 24.0 Å². The fraction of sp³-hybridized carbons (Fsp3) is 0.524. The molecule has 0 fully saturated rings. The van der Waals surface area contributed by atoms with Gasteiger partial charge in [-0.25, -0.2) is 4.98 Å². The molecule has 0 bridgehead atoms. The highest BCUT2D eigenvalue weighted by Gasteiger charge is 2.20. The van der Waals surface area contributed by atoms with Gasteiger partial charge in [0.05, 0.1) is 17.2 Å². The summed E-state index contributed by atoms with van der Waals surface area (Å²) >= 11 is 1.71. The number of benzene rings is 1. The van der Waals surface area contributed by atoms with Gasteiger partial charge in [-0.05, 0) is 38.3 Å². The lowest BCUT2D eigenvalue weighted by Crippen LogP contribution is -2.42. The molecule has 7 heteroatoms. The Balaban J connectivity index is 0.00000280. The van der Waals surface area contributed by atoms with Gasteiger partial charge in [0.2, 0.25) is 0 Å². The third-order valence-electron chi connectivity index (χ3n) is 4.98. The van der Waals surface area contributed by atoms with Gasteiger partial charge in [-0.1, -0.05) is 24.3 Å². The van der Waals surface area contributed by atoms with Crippen LogP contribution in [-0.4, -0.2) is 48.1 Å². The Morgan fingerprint density at radius 3 is 2.79 bits per heavy atom. The summed E-state index contributed by atoms with van der Waals surface area (Å²) in [5.74, 6) is 0.897. The number of guanidine groups is 1. The zero-order valence-electron chi connectivity index (χ0n) is 17.1. The van der Waals surface area contributed by atoms with Crippen LogP contribution >= 0.6 is 35.3 Å². The Labute approximate surface area is 190 Å². The van der Waals surface area contributed by atoms with Gasteiger partial charge >= 0.3 is 0 Å². The molecule has 0 radical (unpaired) electrons. The van der Waals surface area contributed by atoms with Crippen LogP contribution in [0.5, 0.6) is 0 Å². The topological polar surface area (TPSA) is 52.6 Å². The predicted octanol–water partition coefficient (Wildman–Crippen LogP) is 3.61. The largest absolute Gasteiger partial charge is 0.357 e. The maximum Gasteiger partial charge on any atom is 0.191 e. The molecule has 1 aromatic carbocycles. The number of fused-ring (bicyclic) bond motifs is 1. The van der Waals surface area contributed by atoms with Crippen molar-refractivity contribution in [1.82, 2.24) is 20.5 Å². The highest BCUT2D eigenvalue weighted by Crippen LogP contribution is 2.20. The van der Waals surface area contributed by atoms with Gasteiger partial charge < -0.3 is 10.6 Å². The second kappa shape index (κ2) is 11.7. The number of hydrogen-bond acceptors (Lipinski definition) is 4. The Kier molecular flexibility index (Phi) is 9.67. The highest BCUT2D eigenvalue weighted by molar-refractivity contribution is 14.0. The molecule has 0 spiro atoms. The van der Waals surface area contributed by atoms with E-state index in [4.69, 9.17) is 4.99 Å². The Morgan fingerprint density at radius 2 is 2.07 bits per heavy atom. The quantitative estimate of drug-likeness (QED) is 0.338. The maximum atomic E-state index is 4.82. The molecule has 5 nitrogen and oxygen atoms in total. The molecular weight excluding hydrogens is 481 g/mol. The van der Waals surface area contributed by atoms with Gasteiger partial charge in [-0.2, -0.15) is 0 Å². The van der Waals surface area contributed by atoms with Crippen LogP contribution in [0, 0.1) is 6.92 Å². The average molecular weight is 513 g/mol. The van der Waals surface area contributed by atoms with E-state index < -0.39 is 0 Å². The Morgan fingerprint density at radius 1 is 1.29 bits per heavy atom. The summed E-state index contributed by atoms with van der Waals surface area (Å²) in [6.07, 6.45) is 2.06. The third kappa shape index (κ3) is 6.70. The van der Waals surface area contributed by atoms with Crippen molar-refractivity contribution in [2.45, 2.75) is 46.2 Å². The number of rotatable bonds is 7. The number of aryl methyl sites for hydroxylation is 1. The summed E-state index contributed by atoms with van der Waals surface area (Å²) in [7, 11) is 0. The molecule has 2 N–H and O–H groups in total. The second-order valence-corrected chi connectivity index (χ2v) is 8.15. The summed E-state index contributed by atoms with van der Waals surface area (Å²) in [6, 6.07) is 9.22. The van der Waals surface area contributed by atoms with E-state index in [1.54, 1.807) is 11.3 Å². The van der Waals surface area contributed by atoms with Crippen LogP contribution in [0.25, 0.3) is 0 Å². The molecule has 154 valence electrons. The maximum absolute atomic E-state index is 4.82. The summed E-state index contributed by atoms with van der Waals surface area (Å²) in [5.41, 5.74) is 4.11. The first-order chi connectivity index (χ1) is 13.2. The highest BCUT2D eigenvalue weighted by atomic mass is 127. The van der Waals surface area contributed by atoms with Crippen molar-refractivity contribution in [3.05, 3.63) is 51.5 Å². The number of aliphatic imine (C=N–C) groups is 1. The van der Waals surface area contributed by atoms with Crippen LogP contribution in [0.3, 0.4) is 0 Å². The molecule has 0 amide bonds. The fourth-order valence-electron chi connectivity index (χ4n) is 3.41. The molecule has 2 aromatic rings. The monoisotopic (exact) mass is 513 g/mol. The normalized spacial score (nSPS) is 15.5.